The third kappa shape index (κ3) is 4.44. The molecule has 0 N–H and O–H groups in total. The van der Waals surface area contributed by atoms with E-state index >= 15 is 0 Å². The Morgan fingerprint density at radius 2 is 1.06 bits per heavy atom. The van der Waals surface area contributed by atoms with Gasteiger partial charge in [0.05, 0.1) is 46.9 Å². The molecular formula is C46H28N2O. The molecule has 0 bridgehead atoms. The van der Waals surface area contributed by atoms with Gasteiger partial charge in [0, 0.05) is 39.2 Å². The van der Waals surface area contributed by atoms with Crippen LogP contribution in [-0.2, 0) is 0 Å². The SMILES string of the molecule is [2H]c1nc2c(c([2H])c1[2H])c([2H])c([2H])c1c([2H])c([2H])c(-c3ccc(-c4c(-c5c([2H])c([2H])c([2H])c6c([2H])c([2H])c([2H])c([2H])c56)oc(-c5c([2H])c([2H])c([2H])c6c([2H])c([2H])c([2H])c([2H])c56)c4[2H])c4ccccc34)nc12. The summed E-state index contributed by atoms with van der Waals surface area (Å²) in [6.45, 7) is 0. The number of pyridine rings is 2. The average Bonchev–Trinajstić information content (AvgIpc) is 3.68. The molecule has 0 atom stereocenters. The maximum absolute atomic E-state index is 9.94. The van der Waals surface area contributed by atoms with Crippen molar-refractivity contribution in [2.24, 2.45) is 0 Å². The summed E-state index contributed by atoms with van der Waals surface area (Å²) in [6.07, 6.45) is -0.628. The molecule has 3 nitrogen and oxygen atoms in total. The summed E-state index contributed by atoms with van der Waals surface area (Å²) in [7, 11) is 0. The van der Waals surface area contributed by atoms with E-state index in [2.05, 4.69) is 4.98 Å². The average molecular weight is 647 g/mol. The summed E-state index contributed by atoms with van der Waals surface area (Å²) < 4.78 is 200. The van der Waals surface area contributed by atoms with Crippen molar-refractivity contribution in [2.75, 3.05) is 0 Å². The molecule has 3 heteroatoms. The van der Waals surface area contributed by atoms with Gasteiger partial charge in [-0.05, 0) is 56.0 Å². The van der Waals surface area contributed by atoms with E-state index < -0.39 is 177 Å². The number of nitrogens with zero attached hydrogens (tertiary/aromatic N) is 2. The van der Waals surface area contributed by atoms with Crippen molar-refractivity contribution in [3.05, 3.63) is 169 Å². The van der Waals surface area contributed by atoms with Gasteiger partial charge in [-0.25, -0.2) is 4.98 Å². The second-order valence-electron chi connectivity index (χ2n) is 10.8. The number of rotatable bonds is 4. The molecule has 49 heavy (non-hydrogen) atoms. The predicted molar refractivity (Wildman–Crippen MR) is 204 cm³/mol. The zero-order valence-electron chi connectivity index (χ0n) is 46.8. The van der Waals surface area contributed by atoms with Crippen LogP contribution in [0.1, 0.15) is 30.2 Å². The number of aromatic nitrogens is 2. The standard InChI is InChI=1S/C46H28N2O/c1-3-15-33-29(10-1)12-7-19-39(33)43-28-41(46(49-43)40-20-8-13-30-11-2-4-16-34(30)40)37-24-25-38(36-18-6-5-17-35(36)37)42-26-23-32-22-21-31-14-9-27-47-44(31)45(32)48-42/h1-28H/i1D,2D,3D,4D,7D,8D,9D,10D,11D,12D,13D,14D,15D,16D,19D,20D,21D,22D,23D,26D,27D,28D. The van der Waals surface area contributed by atoms with Gasteiger partial charge in [-0.2, -0.15) is 0 Å². The highest BCUT2D eigenvalue weighted by Crippen LogP contribution is 2.45. The van der Waals surface area contributed by atoms with E-state index in [4.69, 9.17) is 35.4 Å². The minimum atomic E-state index is -0.806. The molecule has 3 heterocycles. The van der Waals surface area contributed by atoms with E-state index in [1.54, 1.807) is 24.3 Å². The fourth-order valence-electron chi connectivity index (χ4n) is 5.96. The fraction of sp³-hybridized carbons (Fsp3) is 0. The van der Waals surface area contributed by atoms with Crippen LogP contribution in [0.5, 0.6) is 0 Å². The van der Waals surface area contributed by atoms with Crippen molar-refractivity contribution in [1.29, 1.82) is 0 Å². The van der Waals surface area contributed by atoms with Crippen molar-refractivity contribution in [2.45, 2.75) is 0 Å². The monoisotopic (exact) mass is 646 g/mol. The van der Waals surface area contributed by atoms with Gasteiger partial charge in [-0.1, -0.05) is 145 Å². The van der Waals surface area contributed by atoms with Gasteiger partial charge in [0.1, 0.15) is 11.5 Å². The van der Waals surface area contributed by atoms with E-state index in [1.165, 1.54) is 12.1 Å². The van der Waals surface area contributed by atoms with E-state index in [9.17, 15) is 4.11 Å². The summed E-state index contributed by atoms with van der Waals surface area (Å²) >= 11 is 0. The minimum absolute atomic E-state index is 0.0636. The summed E-state index contributed by atoms with van der Waals surface area (Å²) in [6, 6.07) is -5.39. The number of hydrogen-bond acceptors (Lipinski definition) is 3. The van der Waals surface area contributed by atoms with Gasteiger partial charge < -0.3 is 4.42 Å². The van der Waals surface area contributed by atoms with Gasteiger partial charge >= 0.3 is 0 Å². The molecule has 0 aliphatic carbocycles. The van der Waals surface area contributed by atoms with E-state index in [-0.39, 0.29) is 55.0 Å². The van der Waals surface area contributed by atoms with Gasteiger partial charge in [-0.3, -0.25) is 4.98 Å². The molecule has 0 radical (unpaired) electrons. The highest BCUT2D eigenvalue weighted by Gasteiger charge is 2.21. The molecule has 0 aliphatic heterocycles. The lowest BCUT2D eigenvalue weighted by atomic mass is 9.91. The lowest BCUT2D eigenvalue weighted by Crippen LogP contribution is -1.91. The summed E-state index contributed by atoms with van der Waals surface area (Å²) in [5, 5.41) is -1.91. The molecular weight excluding hydrogens is 597 g/mol. The predicted octanol–water partition coefficient (Wildman–Crippen LogP) is 12.5. The third-order valence-electron chi connectivity index (χ3n) is 8.15. The molecule has 10 rings (SSSR count). The van der Waals surface area contributed by atoms with Gasteiger partial charge in [0.15, 0.2) is 0 Å². The summed E-state index contributed by atoms with van der Waals surface area (Å²) in [4.78, 5) is 8.83. The molecule has 0 amide bonds. The first-order valence-corrected chi connectivity index (χ1v) is 14.8. The highest BCUT2D eigenvalue weighted by atomic mass is 16.3. The normalized spacial score (nSPS) is 18.0. The van der Waals surface area contributed by atoms with Crippen molar-refractivity contribution in [3.63, 3.8) is 0 Å². The van der Waals surface area contributed by atoms with Crippen LogP contribution in [-0.4, -0.2) is 9.97 Å². The Morgan fingerprint density at radius 1 is 0.449 bits per heavy atom. The maximum Gasteiger partial charge on any atom is 0.143 e. The largest absolute Gasteiger partial charge is 0.455 e. The first kappa shape index (κ1) is 13.5. The number of furan rings is 1. The Labute approximate surface area is 313 Å². The molecule has 0 aliphatic rings. The first-order chi connectivity index (χ1) is 33.5. The van der Waals surface area contributed by atoms with E-state index in [1.807, 2.05) is 0 Å². The quantitative estimate of drug-likeness (QED) is 0.179. The molecule has 0 fully saturated rings. The van der Waals surface area contributed by atoms with Crippen molar-refractivity contribution < 1.29 is 34.6 Å². The lowest BCUT2D eigenvalue weighted by Gasteiger charge is -2.13. The van der Waals surface area contributed by atoms with Crippen molar-refractivity contribution in [1.82, 2.24) is 9.97 Å². The van der Waals surface area contributed by atoms with Crippen LogP contribution in [0.2, 0.25) is 0 Å². The summed E-state index contributed by atoms with van der Waals surface area (Å²) in [5.74, 6) is -1.16. The second-order valence-corrected chi connectivity index (χ2v) is 10.8. The Hall–Kier alpha value is -6.58. The fourth-order valence-corrected chi connectivity index (χ4v) is 5.96. The smallest absolute Gasteiger partial charge is 0.143 e. The summed E-state index contributed by atoms with van der Waals surface area (Å²) in [5.41, 5.74) is -1.67. The minimum Gasteiger partial charge on any atom is -0.455 e. The molecule has 0 saturated heterocycles. The zero-order chi connectivity index (χ0) is 51.5. The zero-order valence-corrected chi connectivity index (χ0v) is 24.8. The number of hydrogen-bond donors (Lipinski definition) is 0. The van der Waals surface area contributed by atoms with Crippen LogP contribution in [0.25, 0.3) is 99.2 Å². The highest BCUT2D eigenvalue weighted by molar-refractivity contribution is 6.10. The van der Waals surface area contributed by atoms with Crippen LogP contribution in [0, 0.1) is 0 Å². The van der Waals surface area contributed by atoms with Gasteiger partial charge in [0.2, 0.25) is 0 Å². The maximum atomic E-state index is 9.94. The molecule has 7 aromatic carbocycles. The molecule has 3 aromatic heterocycles. The topological polar surface area (TPSA) is 38.9 Å². The van der Waals surface area contributed by atoms with Crippen LogP contribution in [0.15, 0.2) is 174 Å². The second kappa shape index (κ2) is 11.0. The lowest BCUT2D eigenvalue weighted by molar-refractivity contribution is 0.599. The molecule has 0 saturated carbocycles. The molecule has 228 valence electrons. The molecule has 0 unspecified atom stereocenters. The Morgan fingerprint density at radius 3 is 1.86 bits per heavy atom. The number of benzene rings is 7. The molecule has 10 aromatic rings. The van der Waals surface area contributed by atoms with Crippen LogP contribution in [0.4, 0.5) is 0 Å². The Bertz CT molecular complexity index is 4140. The Kier molecular flexibility index (Phi) is 3.03. The van der Waals surface area contributed by atoms with Gasteiger partial charge in [0.25, 0.3) is 0 Å². The van der Waals surface area contributed by atoms with Crippen molar-refractivity contribution >= 4 is 54.1 Å². The van der Waals surface area contributed by atoms with Crippen LogP contribution in [0.3, 0.4) is 0 Å². The number of fused-ring (bicyclic) bond motifs is 6. The third-order valence-corrected chi connectivity index (χ3v) is 8.15. The van der Waals surface area contributed by atoms with Crippen molar-refractivity contribution in [3.8, 4) is 45.0 Å². The van der Waals surface area contributed by atoms with E-state index in [0.717, 1.165) is 0 Å². The van der Waals surface area contributed by atoms with Gasteiger partial charge in [-0.15, -0.1) is 0 Å². The first-order valence-electron chi connectivity index (χ1n) is 25.8. The Balaban J connectivity index is 1.37. The van der Waals surface area contributed by atoms with E-state index in [0.29, 0.717) is 0 Å². The van der Waals surface area contributed by atoms with Crippen LogP contribution >= 0.6 is 0 Å². The molecule has 0 spiro atoms. The van der Waals surface area contributed by atoms with Crippen LogP contribution < -0.4 is 0 Å².